The number of hydrogen-bond donors (Lipinski definition) is 2. The van der Waals surface area contributed by atoms with E-state index in [9.17, 15) is 13.6 Å². The van der Waals surface area contributed by atoms with Crippen LogP contribution in [0.1, 0.15) is 11.6 Å². The van der Waals surface area contributed by atoms with Crippen LogP contribution in [0.5, 0.6) is 0 Å². The van der Waals surface area contributed by atoms with Crippen molar-refractivity contribution in [3.05, 3.63) is 65.7 Å². The summed E-state index contributed by atoms with van der Waals surface area (Å²) < 4.78 is 25.9. The molecule has 0 aliphatic rings. The lowest BCUT2D eigenvalue weighted by atomic mass is 10.1. The lowest BCUT2D eigenvalue weighted by Gasteiger charge is -2.17. The zero-order valence-electron chi connectivity index (χ0n) is 9.94. The highest BCUT2D eigenvalue weighted by molar-refractivity contribution is 5.84. The molecule has 19 heavy (non-hydrogen) atoms. The second-order valence-corrected chi connectivity index (χ2v) is 4.02. The molecule has 0 radical (unpaired) electrons. The van der Waals surface area contributed by atoms with Gasteiger partial charge in [-0.05, 0) is 17.7 Å². The molecule has 0 aromatic heterocycles. The molecule has 0 bridgehead atoms. The maximum absolute atomic E-state index is 13.1. The van der Waals surface area contributed by atoms with Gasteiger partial charge in [0.1, 0.15) is 6.04 Å². The normalized spacial score (nSPS) is 11.9. The predicted molar refractivity (Wildman–Crippen MR) is 68.4 cm³/mol. The van der Waals surface area contributed by atoms with Crippen molar-refractivity contribution in [2.24, 2.45) is 5.73 Å². The molecular formula is C14H12F2N2O. The van der Waals surface area contributed by atoms with Crippen LogP contribution >= 0.6 is 0 Å². The number of nitrogens with two attached hydrogens (primary N) is 1. The van der Waals surface area contributed by atoms with Crippen LogP contribution in [-0.4, -0.2) is 5.91 Å². The zero-order valence-corrected chi connectivity index (χ0v) is 9.94. The Morgan fingerprint density at radius 3 is 2.32 bits per heavy atom. The molecule has 2 aromatic rings. The average Bonchev–Trinajstić information content (AvgIpc) is 2.40. The van der Waals surface area contributed by atoms with Gasteiger partial charge >= 0.3 is 0 Å². The Labute approximate surface area is 109 Å². The van der Waals surface area contributed by atoms with Gasteiger partial charge in [-0.15, -0.1) is 0 Å². The third-order valence-electron chi connectivity index (χ3n) is 2.65. The number of halogens is 2. The third kappa shape index (κ3) is 3.07. The van der Waals surface area contributed by atoms with Crippen molar-refractivity contribution in [2.45, 2.75) is 6.04 Å². The lowest BCUT2D eigenvalue weighted by molar-refractivity contribution is -0.118. The van der Waals surface area contributed by atoms with E-state index in [1.54, 1.807) is 30.3 Å². The van der Waals surface area contributed by atoms with Crippen LogP contribution in [0.2, 0.25) is 0 Å². The number of carbonyl (C=O) groups is 1. The molecule has 0 saturated heterocycles. The van der Waals surface area contributed by atoms with Crippen molar-refractivity contribution in [3.8, 4) is 0 Å². The Hall–Kier alpha value is -2.43. The third-order valence-corrected chi connectivity index (χ3v) is 2.65. The first-order chi connectivity index (χ1) is 9.08. The summed E-state index contributed by atoms with van der Waals surface area (Å²) in [6.45, 7) is 0. The van der Waals surface area contributed by atoms with Crippen molar-refractivity contribution in [1.82, 2.24) is 0 Å². The number of hydrogen-bond acceptors (Lipinski definition) is 2. The summed E-state index contributed by atoms with van der Waals surface area (Å²) in [7, 11) is 0. The molecule has 2 aromatic carbocycles. The van der Waals surface area contributed by atoms with Crippen LogP contribution in [0.3, 0.4) is 0 Å². The van der Waals surface area contributed by atoms with Gasteiger partial charge in [-0.2, -0.15) is 0 Å². The van der Waals surface area contributed by atoms with E-state index in [4.69, 9.17) is 5.73 Å². The molecule has 0 saturated carbocycles. The summed E-state index contributed by atoms with van der Waals surface area (Å²) in [5, 5.41) is 2.78. The first-order valence-electron chi connectivity index (χ1n) is 5.64. The van der Waals surface area contributed by atoms with E-state index in [0.717, 1.165) is 12.1 Å². The van der Waals surface area contributed by atoms with E-state index in [-0.39, 0.29) is 5.69 Å². The Morgan fingerprint density at radius 1 is 1.05 bits per heavy atom. The van der Waals surface area contributed by atoms with E-state index in [0.29, 0.717) is 5.56 Å². The molecule has 0 heterocycles. The van der Waals surface area contributed by atoms with Crippen molar-refractivity contribution in [2.75, 3.05) is 5.32 Å². The first kappa shape index (κ1) is 13.0. The molecule has 3 nitrogen and oxygen atoms in total. The molecule has 5 heteroatoms. The van der Waals surface area contributed by atoms with Crippen molar-refractivity contribution in [3.63, 3.8) is 0 Å². The van der Waals surface area contributed by atoms with Crippen LogP contribution in [-0.2, 0) is 4.79 Å². The van der Waals surface area contributed by atoms with Gasteiger partial charge in [0.15, 0.2) is 11.6 Å². The minimum atomic E-state index is -0.985. The molecule has 98 valence electrons. The molecule has 0 fully saturated rings. The van der Waals surface area contributed by atoms with E-state index in [2.05, 4.69) is 5.32 Å². The molecule has 3 N–H and O–H groups in total. The molecule has 2 rings (SSSR count). The van der Waals surface area contributed by atoms with Gasteiger partial charge in [-0.1, -0.05) is 30.3 Å². The van der Waals surface area contributed by atoms with Gasteiger partial charge in [0.05, 0.1) is 0 Å². The second kappa shape index (κ2) is 5.48. The summed E-state index contributed by atoms with van der Waals surface area (Å²) in [6.07, 6.45) is 0. The summed E-state index contributed by atoms with van der Waals surface area (Å²) >= 11 is 0. The smallest absolute Gasteiger partial charge is 0.244 e. The molecule has 0 unspecified atom stereocenters. The fourth-order valence-electron chi connectivity index (χ4n) is 1.72. The number of anilines is 1. The zero-order chi connectivity index (χ0) is 13.8. The largest absolute Gasteiger partial charge is 0.370 e. The highest BCUT2D eigenvalue weighted by Crippen LogP contribution is 2.20. The summed E-state index contributed by atoms with van der Waals surface area (Å²) in [6, 6.07) is 11.3. The Bertz CT molecular complexity index is 587. The Morgan fingerprint density at radius 2 is 1.74 bits per heavy atom. The number of carbonyl (C=O) groups excluding carboxylic acids is 1. The highest BCUT2D eigenvalue weighted by Gasteiger charge is 2.17. The maximum Gasteiger partial charge on any atom is 0.244 e. The summed E-state index contributed by atoms with van der Waals surface area (Å²) in [5.41, 5.74) is 6.25. The SMILES string of the molecule is NC(=O)[C@@H](Nc1ccc(F)c(F)c1)c1ccccc1. The number of benzene rings is 2. The number of rotatable bonds is 4. The molecule has 0 aliphatic heterocycles. The number of amides is 1. The fourth-order valence-corrected chi connectivity index (χ4v) is 1.72. The Balaban J connectivity index is 2.27. The van der Waals surface area contributed by atoms with Crippen molar-refractivity contribution < 1.29 is 13.6 Å². The monoisotopic (exact) mass is 262 g/mol. The van der Waals surface area contributed by atoms with Gasteiger partial charge in [0.25, 0.3) is 0 Å². The van der Waals surface area contributed by atoms with Gasteiger partial charge in [0.2, 0.25) is 5.91 Å². The molecule has 0 spiro atoms. The Kier molecular flexibility index (Phi) is 3.75. The van der Waals surface area contributed by atoms with Gasteiger partial charge in [-0.3, -0.25) is 4.79 Å². The van der Waals surface area contributed by atoms with Crippen LogP contribution in [0.25, 0.3) is 0 Å². The van der Waals surface area contributed by atoms with E-state index >= 15 is 0 Å². The van der Waals surface area contributed by atoms with Crippen LogP contribution in [0.15, 0.2) is 48.5 Å². The predicted octanol–water partition coefficient (Wildman–Crippen LogP) is 2.60. The van der Waals surface area contributed by atoms with Crippen LogP contribution < -0.4 is 11.1 Å². The van der Waals surface area contributed by atoms with Crippen LogP contribution in [0, 0.1) is 11.6 Å². The van der Waals surface area contributed by atoms with Crippen LogP contribution in [0.4, 0.5) is 14.5 Å². The van der Waals surface area contributed by atoms with E-state index < -0.39 is 23.6 Å². The van der Waals surface area contributed by atoms with Crippen molar-refractivity contribution in [1.29, 1.82) is 0 Å². The average molecular weight is 262 g/mol. The minimum absolute atomic E-state index is 0.284. The molecule has 1 amide bonds. The summed E-state index contributed by atoms with van der Waals surface area (Å²) in [5.74, 6) is -2.53. The van der Waals surface area contributed by atoms with Gasteiger partial charge < -0.3 is 11.1 Å². The second-order valence-electron chi connectivity index (χ2n) is 4.02. The minimum Gasteiger partial charge on any atom is -0.370 e. The molecule has 1 atom stereocenters. The number of primary amides is 1. The van der Waals surface area contributed by atoms with Gasteiger partial charge in [-0.25, -0.2) is 8.78 Å². The first-order valence-corrected chi connectivity index (χ1v) is 5.64. The lowest BCUT2D eigenvalue weighted by Crippen LogP contribution is -2.27. The van der Waals surface area contributed by atoms with Crippen molar-refractivity contribution >= 4 is 11.6 Å². The highest BCUT2D eigenvalue weighted by atomic mass is 19.2. The fraction of sp³-hybridized carbons (Fsp3) is 0.0714. The number of nitrogens with one attached hydrogen (secondary N) is 1. The maximum atomic E-state index is 13.1. The standard InChI is InChI=1S/C14H12F2N2O/c15-11-7-6-10(8-12(11)16)18-13(14(17)19)9-4-2-1-3-5-9/h1-8,13,18H,(H2,17,19)/t13-/m0/s1. The quantitative estimate of drug-likeness (QED) is 0.889. The van der Waals surface area contributed by atoms with Gasteiger partial charge in [0, 0.05) is 11.8 Å². The molecule has 0 aliphatic carbocycles. The topological polar surface area (TPSA) is 55.1 Å². The van der Waals surface area contributed by atoms with E-state index in [1.165, 1.54) is 6.07 Å². The molecular weight excluding hydrogens is 250 g/mol. The summed E-state index contributed by atoms with van der Waals surface area (Å²) in [4.78, 5) is 11.4. The van der Waals surface area contributed by atoms with E-state index in [1.807, 2.05) is 0 Å².